The predicted molar refractivity (Wildman–Crippen MR) is 46.1 cm³/mol. The van der Waals surface area contributed by atoms with Crippen LogP contribution in [-0.2, 0) is 4.79 Å². The zero-order valence-corrected chi connectivity index (χ0v) is 7.39. The van der Waals surface area contributed by atoms with Gasteiger partial charge in [-0.05, 0) is 19.4 Å². The van der Waals surface area contributed by atoms with Crippen LogP contribution in [0.5, 0.6) is 0 Å². The van der Waals surface area contributed by atoms with Crippen LogP contribution in [0, 0.1) is 5.92 Å². The Hall–Kier alpha value is -0.570. The molecule has 1 atom stereocenters. The van der Waals surface area contributed by atoms with E-state index in [0.29, 0.717) is 0 Å². The zero-order chi connectivity index (χ0) is 8.69. The second kappa shape index (κ2) is 6.16. The summed E-state index contributed by atoms with van der Waals surface area (Å²) in [6.07, 6.45) is 2.04. The molecule has 0 aromatic rings. The molecule has 0 radical (unpaired) electrons. The molecule has 0 spiro atoms. The largest absolute Gasteiger partial charge is 0.369 e. The lowest BCUT2D eigenvalue weighted by atomic mass is 9.99. The Bertz CT molecular complexity index is 109. The third kappa shape index (κ3) is 3.98. The van der Waals surface area contributed by atoms with E-state index in [1.54, 1.807) is 0 Å². The van der Waals surface area contributed by atoms with E-state index in [0.717, 1.165) is 25.9 Å². The molecule has 0 aromatic heterocycles. The first-order valence-electron chi connectivity index (χ1n) is 4.31. The smallest absolute Gasteiger partial charge is 0.221 e. The van der Waals surface area contributed by atoms with Gasteiger partial charge in [0.15, 0.2) is 0 Å². The number of carbonyl (C=O) groups excluding carboxylic acids is 1. The minimum absolute atomic E-state index is 0.0822. The van der Waals surface area contributed by atoms with Crippen molar-refractivity contribution in [1.29, 1.82) is 0 Å². The third-order valence-corrected chi connectivity index (χ3v) is 1.70. The molecule has 1 aliphatic rings. The summed E-state index contributed by atoms with van der Waals surface area (Å²) in [5, 5.41) is 3.12. The monoisotopic (exact) mass is 158 g/mol. The van der Waals surface area contributed by atoms with Gasteiger partial charge in [-0.25, -0.2) is 0 Å². The fourth-order valence-corrected chi connectivity index (χ4v) is 1.09. The van der Waals surface area contributed by atoms with E-state index in [9.17, 15) is 4.79 Å². The molecule has 1 rings (SSSR count). The molecule has 3 N–H and O–H groups in total. The highest BCUT2D eigenvalue weighted by molar-refractivity contribution is 5.76. The highest BCUT2D eigenvalue weighted by Crippen LogP contribution is 2.07. The average Bonchev–Trinajstić information content (AvgIpc) is 2.10. The summed E-state index contributed by atoms with van der Waals surface area (Å²) in [5.74, 6) is -0.0825. The summed E-state index contributed by atoms with van der Waals surface area (Å²) in [6, 6.07) is 0. The van der Waals surface area contributed by atoms with Crippen molar-refractivity contribution in [2.75, 3.05) is 13.1 Å². The minimum atomic E-state index is -0.165. The first kappa shape index (κ1) is 10.4. The molecule has 11 heavy (non-hydrogen) atoms. The molecule has 0 aromatic carbocycles. The van der Waals surface area contributed by atoms with Crippen molar-refractivity contribution < 1.29 is 4.79 Å². The normalized spacial score (nSPS) is 23.3. The lowest BCUT2D eigenvalue weighted by Gasteiger charge is -2.18. The van der Waals surface area contributed by atoms with E-state index in [1.165, 1.54) is 0 Å². The number of nitrogens with one attached hydrogen (secondary N) is 1. The van der Waals surface area contributed by atoms with Crippen LogP contribution in [0.15, 0.2) is 0 Å². The summed E-state index contributed by atoms with van der Waals surface area (Å²) < 4.78 is 0. The van der Waals surface area contributed by atoms with Gasteiger partial charge in [-0.3, -0.25) is 4.79 Å². The van der Waals surface area contributed by atoms with Gasteiger partial charge in [0.05, 0.1) is 5.92 Å². The third-order valence-electron chi connectivity index (χ3n) is 1.70. The quantitative estimate of drug-likeness (QED) is 0.584. The Morgan fingerprint density at radius 3 is 2.45 bits per heavy atom. The Morgan fingerprint density at radius 2 is 2.18 bits per heavy atom. The Labute approximate surface area is 68.3 Å². The van der Waals surface area contributed by atoms with E-state index < -0.39 is 0 Å². The molecule has 1 fully saturated rings. The lowest BCUT2D eigenvalue weighted by molar-refractivity contribution is -0.122. The van der Waals surface area contributed by atoms with Crippen LogP contribution in [0.3, 0.4) is 0 Å². The van der Waals surface area contributed by atoms with Crippen LogP contribution in [0.4, 0.5) is 0 Å². The van der Waals surface area contributed by atoms with Crippen molar-refractivity contribution in [3.05, 3.63) is 0 Å². The number of nitrogens with two attached hydrogens (primary N) is 1. The van der Waals surface area contributed by atoms with Gasteiger partial charge < -0.3 is 11.1 Å². The lowest BCUT2D eigenvalue weighted by Crippen LogP contribution is -2.37. The predicted octanol–water partition coefficient (Wildman–Crippen LogP) is 0.498. The molecule has 1 heterocycles. The van der Waals surface area contributed by atoms with Crippen molar-refractivity contribution in [2.45, 2.75) is 26.7 Å². The van der Waals surface area contributed by atoms with Crippen molar-refractivity contribution in [3.8, 4) is 0 Å². The van der Waals surface area contributed by atoms with Gasteiger partial charge in [-0.2, -0.15) is 0 Å². The second-order valence-electron chi connectivity index (χ2n) is 2.45. The van der Waals surface area contributed by atoms with E-state index in [2.05, 4.69) is 5.32 Å². The van der Waals surface area contributed by atoms with Crippen LogP contribution in [0.25, 0.3) is 0 Å². The molecule has 1 saturated heterocycles. The summed E-state index contributed by atoms with van der Waals surface area (Å²) in [6.45, 7) is 5.80. The first-order chi connectivity index (χ1) is 5.30. The van der Waals surface area contributed by atoms with Gasteiger partial charge in [0, 0.05) is 6.54 Å². The molecule has 0 bridgehead atoms. The fourth-order valence-electron chi connectivity index (χ4n) is 1.09. The van der Waals surface area contributed by atoms with Crippen molar-refractivity contribution >= 4 is 5.91 Å². The number of hydrogen-bond acceptors (Lipinski definition) is 2. The first-order valence-corrected chi connectivity index (χ1v) is 4.31. The molecule has 3 heteroatoms. The maximum absolute atomic E-state index is 10.5. The molecular formula is C8H18N2O. The number of primary amides is 1. The highest BCUT2D eigenvalue weighted by atomic mass is 16.1. The van der Waals surface area contributed by atoms with Crippen molar-refractivity contribution in [2.24, 2.45) is 11.7 Å². The zero-order valence-electron chi connectivity index (χ0n) is 7.39. The van der Waals surface area contributed by atoms with Gasteiger partial charge >= 0.3 is 0 Å². The highest BCUT2D eigenvalue weighted by Gasteiger charge is 2.17. The summed E-state index contributed by atoms with van der Waals surface area (Å²) in [7, 11) is 0. The van der Waals surface area contributed by atoms with Crippen LogP contribution >= 0.6 is 0 Å². The van der Waals surface area contributed by atoms with Gasteiger partial charge in [0.25, 0.3) is 0 Å². The number of carbonyl (C=O) groups is 1. The topological polar surface area (TPSA) is 55.1 Å². The molecular weight excluding hydrogens is 140 g/mol. The number of rotatable bonds is 1. The maximum Gasteiger partial charge on any atom is 0.221 e. The van der Waals surface area contributed by atoms with Crippen LogP contribution in [0.2, 0.25) is 0 Å². The second-order valence-corrected chi connectivity index (χ2v) is 2.45. The van der Waals surface area contributed by atoms with Crippen molar-refractivity contribution in [1.82, 2.24) is 5.32 Å². The Balaban J connectivity index is 0.000000461. The molecule has 3 nitrogen and oxygen atoms in total. The average molecular weight is 158 g/mol. The molecule has 1 unspecified atom stereocenters. The number of piperidine rings is 1. The molecule has 66 valence electrons. The summed E-state index contributed by atoms with van der Waals surface area (Å²) >= 11 is 0. The standard InChI is InChI=1S/C6H12N2O.C2H6/c7-6(9)5-2-1-3-8-4-5;1-2/h5,8H,1-4H2,(H2,7,9);1-2H3. The van der Waals surface area contributed by atoms with Gasteiger partial charge in [-0.15, -0.1) is 0 Å². The van der Waals surface area contributed by atoms with Gasteiger partial charge in [0.1, 0.15) is 0 Å². The van der Waals surface area contributed by atoms with E-state index >= 15 is 0 Å². The SMILES string of the molecule is CC.NC(=O)C1CCCNC1. The van der Waals surface area contributed by atoms with Crippen molar-refractivity contribution in [3.63, 3.8) is 0 Å². The number of amides is 1. The number of hydrogen-bond donors (Lipinski definition) is 2. The summed E-state index contributed by atoms with van der Waals surface area (Å²) in [5.41, 5.74) is 5.09. The molecule has 0 aliphatic carbocycles. The van der Waals surface area contributed by atoms with Crippen LogP contribution < -0.4 is 11.1 Å². The maximum atomic E-state index is 10.5. The molecule has 1 amide bonds. The van der Waals surface area contributed by atoms with Gasteiger partial charge in [0.2, 0.25) is 5.91 Å². The molecule has 0 saturated carbocycles. The summed E-state index contributed by atoms with van der Waals surface area (Å²) in [4.78, 5) is 10.5. The van der Waals surface area contributed by atoms with Gasteiger partial charge in [-0.1, -0.05) is 13.8 Å². The van der Waals surface area contributed by atoms with Crippen LogP contribution in [0.1, 0.15) is 26.7 Å². The minimum Gasteiger partial charge on any atom is -0.369 e. The Morgan fingerprint density at radius 1 is 1.55 bits per heavy atom. The Kier molecular flexibility index (Phi) is 5.84. The van der Waals surface area contributed by atoms with E-state index in [1.807, 2.05) is 13.8 Å². The van der Waals surface area contributed by atoms with E-state index in [-0.39, 0.29) is 11.8 Å². The van der Waals surface area contributed by atoms with E-state index in [4.69, 9.17) is 5.73 Å². The van der Waals surface area contributed by atoms with Crippen LogP contribution in [-0.4, -0.2) is 19.0 Å². The molecule has 1 aliphatic heterocycles. The fraction of sp³-hybridized carbons (Fsp3) is 0.875.